The van der Waals surface area contributed by atoms with Crippen LogP contribution in [0.2, 0.25) is 0 Å². The number of hydrogen-bond acceptors (Lipinski definition) is 4. The predicted molar refractivity (Wildman–Crippen MR) is 118 cm³/mol. The predicted octanol–water partition coefficient (Wildman–Crippen LogP) is 4.34. The Bertz CT molecular complexity index is 1110. The molecule has 5 heteroatoms. The highest BCUT2D eigenvalue weighted by molar-refractivity contribution is 5.87. The van der Waals surface area contributed by atoms with Gasteiger partial charge in [-0.15, -0.1) is 0 Å². The summed E-state index contributed by atoms with van der Waals surface area (Å²) in [5, 5.41) is 4.77. The van der Waals surface area contributed by atoms with Crippen molar-refractivity contribution in [3.63, 3.8) is 0 Å². The van der Waals surface area contributed by atoms with Gasteiger partial charge in [0.15, 0.2) is 0 Å². The number of fused-ring (bicyclic) bond motifs is 1. The number of benzene rings is 2. The fraction of sp³-hybridized carbons (Fsp3) is 0.250. The topological polar surface area (TPSA) is 56.8 Å². The summed E-state index contributed by atoms with van der Waals surface area (Å²) in [5.74, 6) is 1.03. The van der Waals surface area contributed by atoms with Gasteiger partial charge < -0.3 is 15.2 Å². The fourth-order valence-electron chi connectivity index (χ4n) is 4.63. The Balaban J connectivity index is 1.47. The number of rotatable bonds is 4. The third-order valence-corrected chi connectivity index (χ3v) is 6.26. The normalized spacial score (nSPS) is 16.2. The Morgan fingerprint density at radius 3 is 2.48 bits per heavy atom. The highest BCUT2D eigenvalue weighted by atomic mass is 15.2. The summed E-state index contributed by atoms with van der Waals surface area (Å²) >= 11 is 0. The van der Waals surface area contributed by atoms with E-state index in [0.29, 0.717) is 0 Å². The highest BCUT2D eigenvalue weighted by Gasteiger charge is 2.37. The molecule has 0 aliphatic carbocycles. The van der Waals surface area contributed by atoms with Gasteiger partial charge in [0.25, 0.3) is 0 Å². The lowest BCUT2D eigenvalue weighted by Gasteiger charge is -2.43. The largest absolute Gasteiger partial charge is 0.356 e. The molecule has 5 nitrogen and oxygen atoms in total. The van der Waals surface area contributed by atoms with E-state index >= 15 is 0 Å². The molecule has 5 rings (SSSR count). The molecule has 1 aliphatic rings. The van der Waals surface area contributed by atoms with E-state index in [2.05, 4.69) is 92.9 Å². The van der Waals surface area contributed by atoms with E-state index < -0.39 is 0 Å². The van der Waals surface area contributed by atoms with Crippen LogP contribution in [0.15, 0.2) is 73.2 Å². The van der Waals surface area contributed by atoms with Gasteiger partial charge in [-0.3, -0.25) is 0 Å². The maximum absolute atomic E-state index is 4.59. The number of anilines is 1. The van der Waals surface area contributed by atoms with Gasteiger partial charge in [0.2, 0.25) is 0 Å². The number of H-pyrrole nitrogens is 1. The van der Waals surface area contributed by atoms with Crippen molar-refractivity contribution in [2.45, 2.75) is 18.4 Å². The number of nitrogens with one attached hydrogen (secondary N) is 2. The lowest BCUT2D eigenvalue weighted by Crippen LogP contribution is -2.50. The lowest BCUT2D eigenvalue weighted by atomic mass is 9.77. The van der Waals surface area contributed by atoms with E-state index in [1.165, 1.54) is 16.7 Å². The van der Waals surface area contributed by atoms with E-state index in [9.17, 15) is 0 Å². The molecule has 0 bridgehead atoms. The van der Waals surface area contributed by atoms with Crippen molar-refractivity contribution in [2.24, 2.45) is 0 Å². The monoisotopic (exact) mass is 383 g/mol. The Labute approximate surface area is 170 Å². The third-order valence-electron chi connectivity index (χ3n) is 6.26. The standard InChI is InChI=1S/C24H25N5/c1-25-24(21-10-6-5-9-19(21)18-7-3-2-4-8-18)12-15-29(16-13-24)23-20-11-14-26-22(20)27-17-28-23/h2-11,14,17,25H,12-13,15-16H2,1H3,(H,26,27,28). The molecule has 2 aromatic heterocycles. The molecule has 146 valence electrons. The lowest BCUT2D eigenvalue weighted by molar-refractivity contribution is 0.283. The van der Waals surface area contributed by atoms with Crippen LogP contribution in [0, 0.1) is 0 Å². The van der Waals surface area contributed by atoms with Gasteiger partial charge in [-0.25, -0.2) is 9.97 Å². The Hall–Kier alpha value is -3.18. The fourth-order valence-corrected chi connectivity index (χ4v) is 4.63. The van der Waals surface area contributed by atoms with Gasteiger partial charge >= 0.3 is 0 Å². The molecule has 0 amide bonds. The molecule has 0 unspecified atom stereocenters. The number of aromatic amines is 1. The van der Waals surface area contributed by atoms with Crippen LogP contribution < -0.4 is 10.2 Å². The van der Waals surface area contributed by atoms with Gasteiger partial charge in [0, 0.05) is 24.8 Å². The number of aromatic nitrogens is 3. The maximum Gasteiger partial charge on any atom is 0.142 e. The van der Waals surface area contributed by atoms with E-state index in [1.807, 2.05) is 6.20 Å². The number of hydrogen-bond donors (Lipinski definition) is 2. The van der Waals surface area contributed by atoms with Gasteiger partial charge in [-0.05, 0) is 42.6 Å². The van der Waals surface area contributed by atoms with Crippen LogP contribution in [0.1, 0.15) is 18.4 Å². The molecule has 2 N–H and O–H groups in total. The van der Waals surface area contributed by atoms with Gasteiger partial charge in [0.1, 0.15) is 17.8 Å². The molecule has 0 atom stereocenters. The van der Waals surface area contributed by atoms with Gasteiger partial charge in [-0.1, -0.05) is 54.6 Å². The zero-order chi connectivity index (χ0) is 19.7. The molecule has 1 aliphatic heterocycles. The Morgan fingerprint density at radius 1 is 0.931 bits per heavy atom. The first-order valence-corrected chi connectivity index (χ1v) is 10.2. The average Bonchev–Trinajstić information content (AvgIpc) is 3.29. The molecule has 2 aromatic carbocycles. The van der Waals surface area contributed by atoms with E-state index in [-0.39, 0.29) is 5.54 Å². The van der Waals surface area contributed by atoms with Crippen LogP contribution in [0.5, 0.6) is 0 Å². The second-order valence-electron chi connectivity index (χ2n) is 7.67. The van der Waals surface area contributed by atoms with Crippen LogP contribution in [0.4, 0.5) is 5.82 Å². The summed E-state index contributed by atoms with van der Waals surface area (Å²) in [6.07, 6.45) is 5.62. The average molecular weight is 383 g/mol. The summed E-state index contributed by atoms with van der Waals surface area (Å²) in [4.78, 5) is 14.5. The second-order valence-corrected chi connectivity index (χ2v) is 7.67. The molecular formula is C24H25N5. The smallest absolute Gasteiger partial charge is 0.142 e. The van der Waals surface area contributed by atoms with Crippen LogP contribution in [0.3, 0.4) is 0 Å². The van der Waals surface area contributed by atoms with Crippen LogP contribution in [-0.2, 0) is 5.54 Å². The highest BCUT2D eigenvalue weighted by Crippen LogP contribution is 2.39. The van der Waals surface area contributed by atoms with E-state index in [0.717, 1.165) is 42.8 Å². The first kappa shape index (κ1) is 17.9. The molecular weight excluding hydrogens is 358 g/mol. The van der Waals surface area contributed by atoms with Crippen LogP contribution >= 0.6 is 0 Å². The summed E-state index contributed by atoms with van der Waals surface area (Å²) in [6, 6.07) is 21.6. The van der Waals surface area contributed by atoms with Crippen LogP contribution in [-0.4, -0.2) is 35.1 Å². The first-order valence-electron chi connectivity index (χ1n) is 10.2. The molecule has 0 radical (unpaired) electrons. The molecule has 3 heterocycles. The summed E-state index contributed by atoms with van der Waals surface area (Å²) in [7, 11) is 2.09. The van der Waals surface area contributed by atoms with Crippen molar-refractivity contribution in [3.8, 4) is 11.1 Å². The quantitative estimate of drug-likeness (QED) is 0.550. The van der Waals surface area contributed by atoms with Crippen molar-refractivity contribution < 1.29 is 0 Å². The second kappa shape index (κ2) is 7.33. The third kappa shape index (κ3) is 3.08. The SMILES string of the molecule is CNC1(c2ccccc2-c2ccccc2)CCN(c2ncnc3[nH]ccc23)CC1. The van der Waals surface area contributed by atoms with Crippen molar-refractivity contribution in [1.82, 2.24) is 20.3 Å². The van der Waals surface area contributed by atoms with Crippen molar-refractivity contribution >= 4 is 16.9 Å². The zero-order valence-corrected chi connectivity index (χ0v) is 16.6. The van der Waals surface area contributed by atoms with Gasteiger partial charge in [-0.2, -0.15) is 0 Å². The van der Waals surface area contributed by atoms with Crippen molar-refractivity contribution in [1.29, 1.82) is 0 Å². The first-order chi connectivity index (χ1) is 14.3. The number of nitrogens with zero attached hydrogens (tertiary/aromatic N) is 3. The van der Waals surface area contributed by atoms with Crippen LogP contribution in [0.25, 0.3) is 22.2 Å². The van der Waals surface area contributed by atoms with Crippen molar-refractivity contribution in [3.05, 3.63) is 78.8 Å². The van der Waals surface area contributed by atoms with Crippen molar-refractivity contribution in [2.75, 3.05) is 25.0 Å². The van der Waals surface area contributed by atoms with E-state index in [1.54, 1.807) is 6.33 Å². The summed E-state index contributed by atoms with van der Waals surface area (Å²) in [6.45, 7) is 1.89. The minimum Gasteiger partial charge on any atom is -0.356 e. The molecule has 0 spiro atoms. The molecule has 0 saturated carbocycles. The number of piperidine rings is 1. The summed E-state index contributed by atoms with van der Waals surface area (Å²) < 4.78 is 0. The zero-order valence-electron chi connectivity index (χ0n) is 16.6. The molecule has 1 saturated heterocycles. The van der Waals surface area contributed by atoms with Gasteiger partial charge in [0.05, 0.1) is 5.39 Å². The molecule has 4 aromatic rings. The molecule has 29 heavy (non-hydrogen) atoms. The Morgan fingerprint density at radius 2 is 1.69 bits per heavy atom. The maximum atomic E-state index is 4.59. The van der Waals surface area contributed by atoms with E-state index in [4.69, 9.17) is 0 Å². The molecule has 1 fully saturated rings. The minimum absolute atomic E-state index is 0.0484. The Kier molecular flexibility index (Phi) is 4.52. The summed E-state index contributed by atoms with van der Waals surface area (Å²) in [5.41, 5.74) is 4.81. The minimum atomic E-state index is -0.0484.